The van der Waals surface area contributed by atoms with Gasteiger partial charge in [0, 0.05) is 25.2 Å². The van der Waals surface area contributed by atoms with Crippen molar-refractivity contribution in [1.82, 2.24) is 4.90 Å². The van der Waals surface area contributed by atoms with Crippen LogP contribution in [0.25, 0.3) is 0 Å². The summed E-state index contributed by atoms with van der Waals surface area (Å²) in [6.45, 7) is 2.36. The van der Waals surface area contributed by atoms with E-state index in [2.05, 4.69) is 0 Å². The van der Waals surface area contributed by atoms with Crippen LogP contribution in [0.5, 0.6) is 0 Å². The van der Waals surface area contributed by atoms with Gasteiger partial charge in [-0.15, -0.1) is 0 Å². The predicted octanol–water partition coefficient (Wildman–Crippen LogP) is 2.34. The van der Waals surface area contributed by atoms with Crippen molar-refractivity contribution in [2.75, 3.05) is 13.6 Å². The van der Waals surface area contributed by atoms with Crippen LogP contribution in [0.1, 0.15) is 17.3 Å². The van der Waals surface area contributed by atoms with Gasteiger partial charge in [0.05, 0.1) is 4.92 Å². The van der Waals surface area contributed by atoms with Crippen molar-refractivity contribution in [3.63, 3.8) is 0 Å². The van der Waals surface area contributed by atoms with Crippen molar-refractivity contribution < 1.29 is 9.72 Å². The molecule has 0 aliphatic carbocycles. The Labute approximate surface area is 97.8 Å². The van der Waals surface area contributed by atoms with Crippen LogP contribution in [-0.4, -0.2) is 29.3 Å². The molecular formula is C10H11ClN2O3. The Kier molecular flexibility index (Phi) is 3.84. The van der Waals surface area contributed by atoms with Crippen molar-refractivity contribution >= 4 is 23.2 Å². The lowest BCUT2D eigenvalue weighted by atomic mass is 10.2. The van der Waals surface area contributed by atoms with E-state index in [9.17, 15) is 14.9 Å². The molecule has 16 heavy (non-hydrogen) atoms. The molecular weight excluding hydrogens is 232 g/mol. The molecule has 0 bridgehead atoms. The maximum Gasteiger partial charge on any atom is 0.288 e. The van der Waals surface area contributed by atoms with Crippen LogP contribution in [0.15, 0.2) is 18.2 Å². The summed E-state index contributed by atoms with van der Waals surface area (Å²) >= 11 is 5.64. The van der Waals surface area contributed by atoms with E-state index in [1.54, 1.807) is 7.05 Å². The average molecular weight is 243 g/mol. The first-order valence-corrected chi connectivity index (χ1v) is 5.04. The summed E-state index contributed by atoms with van der Waals surface area (Å²) in [4.78, 5) is 23.2. The highest BCUT2D eigenvalue weighted by atomic mass is 35.5. The monoisotopic (exact) mass is 242 g/mol. The van der Waals surface area contributed by atoms with Crippen molar-refractivity contribution in [3.05, 3.63) is 38.9 Å². The summed E-state index contributed by atoms with van der Waals surface area (Å²) in [6, 6.07) is 4.02. The maximum absolute atomic E-state index is 11.7. The van der Waals surface area contributed by atoms with Gasteiger partial charge in [-0.2, -0.15) is 0 Å². The Morgan fingerprint density at radius 3 is 2.69 bits per heavy atom. The molecule has 0 saturated carbocycles. The van der Waals surface area contributed by atoms with Gasteiger partial charge in [0.15, 0.2) is 0 Å². The van der Waals surface area contributed by atoms with E-state index in [0.29, 0.717) is 6.54 Å². The van der Waals surface area contributed by atoms with Gasteiger partial charge in [0.2, 0.25) is 0 Å². The SMILES string of the molecule is CCN(C)C(=O)c1ccc(Cl)c([N+](=O)[O-])c1. The number of nitro benzene ring substituents is 1. The Morgan fingerprint density at radius 1 is 1.56 bits per heavy atom. The third-order valence-electron chi connectivity index (χ3n) is 2.21. The zero-order valence-corrected chi connectivity index (χ0v) is 9.69. The van der Waals surface area contributed by atoms with E-state index in [-0.39, 0.29) is 22.2 Å². The first-order chi connectivity index (χ1) is 7.47. The number of rotatable bonds is 3. The van der Waals surface area contributed by atoms with Crippen molar-refractivity contribution in [2.45, 2.75) is 6.92 Å². The van der Waals surface area contributed by atoms with E-state index in [1.165, 1.54) is 23.1 Å². The smallest absolute Gasteiger partial charge is 0.288 e. The van der Waals surface area contributed by atoms with Crippen molar-refractivity contribution in [3.8, 4) is 0 Å². The lowest BCUT2D eigenvalue weighted by molar-refractivity contribution is -0.384. The summed E-state index contributed by atoms with van der Waals surface area (Å²) in [5.74, 6) is -0.262. The normalized spacial score (nSPS) is 9.94. The molecule has 1 aromatic rings. The topological polar surface area (TPSA) is 63.5 Å². The molecule has 0 spiro atoms. The number of carbonyl (C=O) groups is 1. The number of amides is 1. The minimum Gasteiger partial charge on any atom is -0.342 e. The zero-order chi connectivity index (χ0) is 12.3. The van der Waals surface area contributed by atoms with Gasteiger partial charge in [-0.25, -0.2) is 0 Å². The van der Waals surface area contributed by atoms with Crippen molar-refractivity contribution in [2.24, 2.45) is 0 Å². The molecule has 1 aromatic carbocycles. The highest BCUT2D eigenvalue weighted by molar-refractivity contribution is 6.32. The van der Waals surface area contributed by atoms with Crippen LogP contribution in [0.3, 0.4) is 0 Å². The predicted molar refractivity (Wildman–Crippen MR) is 60.7 cm³/mol. The van der Waals surface area contributed by atoms with Gasteiger partial charge in [0.1, 0.15) is 5.02 Å². The molecule has 0 unspecified atom stereocenters. The van der Waals surface area contributed by atoms with Gasteiger partial charge in [-0.3, -0.25) is 14.9 Å². The highest BCUT2D eigenvalue weighted by Gasteiger charge is 2.17. The lowest BCUT2D eigenvalue weighted by Crippen LogP contribution is -2.26. The number of nitro groups is 1. The first kappa shape index (κ1) is 12.4. The summed E-state index contributed by atoms with van der Waals surface area (Å²) < 4.78 is 0. The summed E-state index contributed by atoms with van der Waals surface area (Å²) in [6.07, 6.45) is 0. The van der Waals surface area contributed by atoms with Crippen LogP contribution < -0.4 is 0 Å². The van der Waals surface area contributed by atoms with Crippen molar-refractivity contribution in [1.29, 1.82) is 0 Å². The number of hydrogen-bond acceptors (Lipinski definition) is 3. The second-order valence-electron chi connectivity index (χ2n) is 3.24. The van der Waals surface area contributed by atoms with E-state index in [0.717, 1.165) is 0 Å². The molecule has 0 fully saturated rings. The molecule has 0 radical (unpaired) electrons. The molecule has 0 heterocycles. The third kappa shape index (κ3) is 2.49. The number of benzene rings is 1. The molecule has 6 heteroatoms. The summed E-state index contributed by atoms with van der Waals surface area (Å²) in [5, 5.41) is 10.7. The summed E-state index contributed by atoms with van der Waals surface area (Å²) in [7, 11) is 1.63. The zero-order valence-electron chi connectivity index (χ0n) is 8.94. The minimum atomic E-state index is -0.606. The molecule has 1 amide bonds. The molecule has 0 N–H and O–H groups in total. The Morgan fingerprint density at radius 2 is 2.19 bits per heavy atom. The fourth-order valence-electron chi connectivity index (χ4n) is 1.15. The molecule has 0 aliphatic rings. The molecule has 0 aromatic heterocycles. The fraction of sp³-hybridized carbons (Fsp3) is 0.300. The van der Waals surface area contributed by atoms with Crippen LogP contribution in [0.4, 0.5) is 5.69 Å². The standard InChI is InChI=1S/C10H11ClN2O3/c1-3-12(2)10(14)7-4-5-8(11)9(6-7)13(15)16/h4-6H,3H2,1-2H3. The van der Waals surface area contributed by atoms with Gasteiger partial charge in [0.25, 0.3) is 11.6 Å². The quantitative estimate of drug-likeness (QED) is 0.604. The molecule has 86 valence electrons. The van der Waals surface area contributed by atoms with Crippen LogP contribution in [-0.2, 0) is 0 Å². The van der Waals surface area contributed by atoms with Crippen LogP contribution in [0.2, 0.25) is 5.02 Å². The number of halogens is 1. The highest BCUT2D eigenvalue weighted by Crippen LogP contribution is 2.25. The van der Waals surface area contributed by atoms with E-state index in [4.69, 9.17) is 11.6 Å². The van der Waals surface area contributed by atoms with Gasteiger partial charge >= 0.3 is 0 Å². The first-order valence-electron chi connectivity index (χ1n) is 4.66. The van der Waals surface area contributed by atoms with E-state index < -0.39 is 4.92 Å². The number of nitrogens with zero attached hydrogens (tertiary/aromatic N) is 2. The molecule has 0 saturated heterocycles. The van der Waals surface area contributed by atoms with Crippen LogP contribution in [0, 0.1) is 10.1 Å². The van der Waals surface area contributed by atoms with Gasteiger partial charge in [-0.1, -0.05) is 11.6 Å². The second-order valence-corrected chi connectivity index (χ2v) is 3.65. The molecule has 1 rings (SSSR count). The van der Waals surface area contributed by atoms with E-state index >= 15 is 0 Å². The fourth-order valence-corrected chi connectivity index (χ4v) is 1.34. The Balaban J connectivity index is 3.13. The van der Waals surface area contributed by atoms with Gasteiger partial charge < -0.3 is 4.90 Å². The summed E-state index contributed by atoms with van der Waals surface area (Å²) in [5.41, 5.74) is 0.0115. The average Bonchev–Trinajstić information content (AvgIpc) is 2.27. The number of hydrogen-bond donors (Lipinski definition) is 0. The molecule has 0 atom stereocenters. The van der Waals surface area contributed by atoms with Crippen LogP contribution >= 0.6 is 11.6 Å². The Hall–Kier alpha value is -1.62. The minimum absolute atomic E-state index is 0.0284. The second kappa shape index (κ2) is 4.94. The maximum atomic E-state index is 11.7. The third-order valence-corrected chi connectivity index (χ3v) is 2.53. The Bertz CT molecular complexity index is 434. The largest absolute Gasteiger partial charge is 0.342 e. The van der Waals surface area contributed by atoms with Gasteiger partial charge in [-0.05, 0) is 19.1 Å². The van der Waals surface area contributed by atoms with E-state index in [1.807, 2.05) is 6.92 Å². The number of carbonyl (C=O) groups excluding carboxylic acids is 1. The molecule has 0 aliphatic heterocycles. The molecule has 5 nitrogen and oxygen atoms in total. The lowest BCUT2D eigenvalue weighted by Gasteiger charge is -2.14.